The maximum absolute atomic E-state index is 13.2. The Bertz CT molecular complexity index is 983. The van der Waals surface area contributed by atoms with Crippen LogP contribution in [0, 0.1) is 13.8 Å². The van der Waals surface area contributed by atoms with Crippen molar-refractivity contribution in [2.24, 2.45) is 0 Å². The van der Waals surface area contributed by atoms with Gasteiger partial charge in [-0.2, -0.15) is 5.10 Å². The molecule has 2 saturated heterocycles. The fourth-order valence-corrected chi connectivity index (χ4v) is 5.81. The molecule has 1 aromatic carbocycles. The van der Waals surface area contributed by atoms with Crippen LogP contribution in [0.15, 0.2) is 30.5 Å². The maximum Gasteiger partial charge on any atom is 0.257 e. The lowest BCUT2D eigenvalue weighted by Crippen LogP contribution is -2.60. The highest BCUT2D eigenvalue weighted by Gasteiger charge is 2.45. The number of nitrogens with zero attached hydrogens (tertiary/aromatic N) is 3. The average molecular weight is 389 g/mol. The second-order valence-corrected chi connectivity index (χ2v) is 9.57. The molecular formula is C19H23N3O4S. The third-order valence-electron chi connectivity index (χ3n) is 5.49. The topological polar surface area (TPSA) is 81.5 Å². The van der Waals surface area contributed by atoms with Crippen LogP contribution in [0.25, 0.3) is 5.69 Å². The third-order valence-corrected chi connectivity index (χ3v) is 7.62. The number of fused-ring (bicyclic) bond motifs is 1. The van der Waals surface area contributed by atoms with Crippen molar-refractivity contribution in [1.29, 1.82) is 0 Å². The Hall–Kier alpha value is -2.19. The van der Waals surface area contributed by atoms with E-state index in [9.17, 15) is 13.2 Å². The first-order valence-corrected chi connectivity index (χ1v) is 10.8. The van der Waals surface area contributed by atoms with Crippen LogP contribution < -0.4 is 0 Å². The number of benzene rings is 1. The quantitative estimate of drug-likeness (QED) is 0.778. The summed E-state index contributed by atoms with van der Waals surface area (Å²) in [5, 5.41) is 3.77. The zero-order valence-corrected chi connectivity index (χ0v) is 16.3. The highest BCUT2D eigenvalue weighted by Crippen LogP contribution is 2.28. The molecule has 144 valence electrons. The summed E-state index contributed by atoms with van der Waals surface area (Å²) < 4.78 is 31.9. The number of carbonyl (C=O) groups is 1. The van der Waals surface area contributed by atoms with Crippen molar-refractivity contribution in [3.8, 4) is 5.69 Å². The summed E-state index contributed by atoms with van der Waals surface area (Å²) in [4.78, 5) is 14.9. The van der Waals surface area contributed by atoms with E-state index >= 15 is 0 Å². The SMILES string of the molecule is Cc1cccc(-n2ncc(C(=O)N3CCS(=O)(=O)C4COCCC43)c2C)c1. The molecule has 0 N–H and O–H groups in total. The number of carbonyl (C=O) groups excluding carboxylic acids is 1. The summed E-state index contributed by atoms with van der Waals surface area (Å²) in [7, 11) is -3.22. The number of ether oxygens (including phenoxy) is 1. The Morgan fingerprint density at radius 3 is 2.89 bits per heavy atom. The molecular weight excluding hydrogens is 366 g/mol. The number of hydrogen-bond donors (Lipinski definition) is 0. The Kier molecular flexibility index (Phi) is 4.55. The van der Waals surface area contributed by atoms with E-state index in [0.29, 0.717) is 18.6 Å². The maximum atomic E-state index is 13.2. The molecule has 3 heterocycles. The fraction of sp³-hybridized carbons (Fsp3) is 0.474. The number of rotatable bonds is 2. The van der Waals surface area contributed by atoms with Crippen LogP contribution in [-0.4, -0.2) is 65.8 Å². The van der Waals surface area contributed by atoms with Gasteiger partial charge in [-0.3, -0.25) is 4.79 Å². The molecule has 0 bridgehead atoms. The first-order chi connectivity index (χ1) is 12.9. The first kappa shape index (κ1) is 18.2. The second-order valence-electron chi connectivity index (χ2n) is 7.23. The summed E-state index contributed by atoms with van der Waals surface area (Å²) in [5.74, 6) is -0.174. The van der Waals surface area contributed by atoms with Gasteiger partial charge in [-0.15, -0.1) is 0 Å². The van der Waals surface area contributed by atoms with Crippen molar-refractivity contribution in [2.45, 2.75) is 31.6 Å². The van der Waals surface area contributed by atoms with Gasteiger partial charge in [0.05, 0.1) is 41.5 Å². The van der Waals surface area contributed by atoms with Gasteiger partial charge in [0.15, 0.2) is 9.84 Å². The standard InChI is InChI=1S/C19H23N3O4S/c1-13-4-3-5-15(10-13)22-14(2)16(11-20-22)19(23)21-7-9-27(24,25)18-12-26-8-6-17(18)21/h3-5,10-11,17-18H,6-9,12H2,1-2H3. The van der Waals surface area contributed by atoms with Gasteiger partial charge in [0.25, 0.3) is 5.91 Å². The van der Waals surface area contributed by atoms with Crippen molar-refractivity contribution in [1.82, 2.24) is 14.7 Å². The lowest BCUT2D eigenvalue weighted by Gasteiger charge is -2.43. The Morgan fingerprint density at radius 1 is 1.30 bits per heavy atom. The van der Waals surface area contributed by atoms with Crippen LogP contribution in [0.2, 0.25) is 0 Å². The molecule has 7 nitrogen and oxygen atoms in total. The second kappa shape index (κ2) is 6.76. The molecule has 0 radical (unpaired) electrons. The molecule has 2 atom stereocenters. The van der Waals surface area contributed by atoms with Crippen LogP contribution in [0.1, 0.15) is 28.0 Å². The Morgan fingerprint density at radius 2 is 2.11 bits per heavy atom. The highest BCUT2D eigenvalue weighted by atomic mass is 32.2. The van der Waals surface area contributed by atoms with Gasteiger partial charge in [0, 0.05) is 13.2 Å². The lowest BCUT2D eigenvalue weighted by atomic mass is 10.0. The van der Waals surface area contributed by atoms with Crippen molar-refractivity contribution < 1.29 is 17.9 Å². The van der Waals surface area contributed by atoms with Gasteiger partial charge in [-0.1, -0.05) is 12.1 Å². The van der Waals surface area contributed by atoms with Crippen molar-refractivity contribution in [3.05, 3.63) is 47.3 Å². The zero-order chi connectivity index (χ0) is 19.2. The molecule has 0 aliphatic carbocycles. The summed E-state index contributed by atoms with van der Waals surface area (Å²) in [6, 6.07) is 7.59. The first-order valence-electron chi connectivity index (χ1n) is 9.10. The fourth-order valence-electron chi connectivity index (χ4n) is 3.99. The number of amides is 1. The smallest absolute Gasteiger partial charge is 0.257 e. The number of aromatic nitrogens is 2. The third kappa shape index (κ3) is 3.17. The highest BCUT2D eigenvalue weighted by molar-refractivity contribution is 7.92. The van der Waals surface area contributed by atoms with Crippen molar-refractivity contribution in [3.63, 3.8) is 0 Å². The number of hydrogen-bond acceptors (Lipinski definition) is 5. The Labute approximate surface area is 158 Å². The minimum Gasteiger partial charge on any atom is -0.380 e. The molecule has 0 saturated carbocycles. The summed E-state index contributed by atoms with van der Waals surface area (Å²) in [5.41, 5.74) is 3.28. The van der Waals surface area contributed by atoms with Gasteiger partial charge < -0.3 is 9.64 Å². The minimum atomic E-state index is -3.22. The van der Waals surface area contributed by atoms with Gasteiger partial charge >= 0.3 is 0 Å². The summed E-state index contributed by atoms with van der Waals surface area (Å²) in [6.45, 7) is 4.73. The predicted octanol–water partition coefficient (Wildman–Crippen LogP) is 1.52. The molecule has 2 aliphatic heterocycles. The zero-order valence-electron chi connectivity index (χ0n) is 15.5. The van der Waals surface area contributed by atoms with Crippen LogP contribution >= 0.6 is 0 Å². The molecule has 27 heavy (non-hydrogen) atoms. The molecule has 4 rings (SSSR count). The van der Waals surface area contributed by atoms with Crippen LogP contribution in [-0.2, 0) is 14.6 Å². The van der Waals surface area contributed by atoms with Gasteiger partial charge in [-0.25, -0.2) is 13.1 Å². The van der Waals surface area contributed by atoms with Crippen LogP contribution in [0.3, 0.4) is 0 Å². The largest absolute Gasteiger partial charge is 0.380 e. The molecule has 0 spiro atoms. The molecule has 2 aromatic rings. The van der Waals surface area contributed by atoms with E-state index in [1.807, 2.05) is 38.1 Å². The number of aryl methyl sites for hydroxylation is 1. The van der Waals surface area contributed by atoms with E-state index in [1.54, 1.807) is 15.8 Å². The monoisotopic (exact) mass is 389 g/mol. The average Bonchev–Trinajstić information content (AvgIpc) is 3.03. The molecule has 2 fully saturated rings. The lowest BCUT2D eigenvalue weighted by molar-refractivity contribution is 0.0293. The summed E-state index contributed by atoms with van der Waals surface area (Å²) >= 11 is 0. The number of sulfone groups is 1. The molecule has 1 amide bonds. The minimum absolute atomic E-state index is 0.0195. The van der Waals surface area contributed by atoms with E-state index in [4.69, 9.17) is 4.74 Å². The van der Waals surface area contributed by atoms with E-state index in [-0.39, 0.29) is 30.9 Å². The van der Waals surface area contributed by atoms with Gasteiger partial charge in [0.2, 0.25) is 0 Å². The van der Waals surface area contributed by atoms with Gasteiger partial charge in [0.1, 0.15) is 5.25 Å². The van der Waals surface area contributed by atoms with E-state index in [2.05, 4.69) is 5.10 Å². The molecule has 1 aromatic heterocycles. The van der Waals surface area contributed by atoms with E-state index < -0.39 is 15.1 Å². The van der Waals surface area contributed by atoms with Crippen molar-refractivity contribution >= 4 is 15.7 Å². The molecule has 2 aliphatic rings. The van der Waals surface area contributed by atoms with E-state index in [1.165, 1.54) is 0 Å². The van der Waals surface area contributed by atoms with Crippen LogP contribution in [0.4, 0.5) is 0 Å². The predicted molar refractivity (Wildman–Crippen MR) is 101 cm³/mol. The summed E-state index contributed by atoms with van der Waals surface area (Å²) in [6.07, 6.45) is 2.12. The molecule has 8 heteroatoms. The van der Waals surface area contributed by atoms with Crippen molar-refractivity contribution in [2.75, 3.05) is 25.5 Å². The van der Waals surface area contributed by atoms with E-state index in [0.717, 1.165) is 16.9 Å². The molecule has 2 unspecified atom stereocenters. The van der Waals surface area contributed by atoms with Crippen LogP contribution in [0.5, 0.6) is 0 Å². The normalized spacial score (nSPS) is 24.4. The Balaban J connectivity index is 1.65. The van der Waals surface area contributed by atoms with Gasteiger partial charge in [-0.05, 0) is 38.0 Å².